The zero-order valence-electron chi connectivity index (χ0n) is 10.5. The highest BCUT2D eigenvalue weighted by Crippen LogP contribution is 2.32. The third-order valence-electron chi connectivity index (χ3n) is 2.78. The van der Waals surface area contributed by atoms with Crippen LogP contribution in [0.2, 0.25) is 5.02 Å². The highest BCUT2D eigenvalue weighted by Gasteiger charge is 2.20. The van der Waals surface area contributed by atoms with E-state index in [2.05, 4.69) is 10.4 Å². The van der Waals surface area contributed by atoms with Gasteiger partial charge < -0.3 is 5.43 Å². The third kappa shape index (κ3) is 2.26. The van der Waals surface area contributed by atoms with Crippen LogP contribution in [-0.4, -0.2) is 4.98 Å². The van der Waals surface area contributed by atoms with Crippen LogP contribution in [0, 0.1) is 5.82 Å². The van der Waals surface area contributed by atoms with E-state index in [-0.39, 0.29) is 10.9 Å². The first kappa shape index (κ1) is 13.1. The average molecular weight is 268 g/mol. The number of anilines is 1. The number of hydrogen-bond donors (Lipinski definition) is 2. The van der Waals surface area contributed by atoms with Gasteiger partial charge in [0.2, 0.25) is 0 Å². The lowest BCUT2D eigenvalue weighted by molar-refractivity contribution is 0.589. The van der Waals surface area contributed by atoms with Crippen molar-refractivity contribution in [2.24, 2.45) is 5.84 Å². The molecular formula is C13H15ClFN3. The monoisotopic (exact) mass is 267 g/mol. The van der Waals surface area contributed by atoms with E-state index < -0.39 is 5.82 Å². The molecule has 2 aromatic rings. The first-order chi connectivity index (χ1) is 8.32. The Hall–Kier alpha value is -1.39. The molecule has 18 heavy (non-hydrogen) atoms. The van der Waals surface area contributed by atoms with E-state index in [4.69, 9.17) is 17.4 Å². The van der Waals surface area contributed by atoms with Crippen molar-refractivity contribution in [1.29, 1.82) is 0 Å². The maximum atomic E-state index is 13.8. The molecule has 96 valence electrons. The normalized spacial score (nSPS) is 11.9. The van der Waals surface area contributed by atoms with Crippen molar-refractivity contribution >= 4 is 28.3 Å². The lowest BCUT2D eigenvalue weighted by Crippen LogP contribution is -2.19. The van der Waals surface area contributed by atoms with E-state index in [1.165, 1.54) is 6.07 Å². The summed E-state index contributed by atoms with van der Waals surface area (Å²) in [5, 5.41) is 1.03. The van der Waals surface area contributed by atoms with Crippen molar-refractivity contribution in [2.45, 2.75) is 26.2 Å². The van der Waals surface area contributed by atoms with Gasteiger partial charge in [-0.1, -0.05) is 32.4 Å². The number of hydrogen-bond acceptors (Lipinski definition) is 3. The lowest BCUT2D eigenvalue weighted by Gasteiger charge is -2.22. The maximum absolute atomic E-state index is 13.8. The van der Waals surface area contributed by atoms with Gasteiger partial charge in [0, 0.05) is 16.0 Å². The maximum Gasteiger partial charge on any atom is 0.150 e. The summed E-state index contributed by atoms with van der Waals surface area (Å²) >= 11 is 5.86. The highest BCUT2D eigenvalue weighted by atomic mass is 35.5. The molecule has 2 rings (SSSR count). The molecule has 0 saturated heterocycles. The van der Waals surface area contributed by atoms with Crippen molar-refractivity contribution in [2.75, 3.05) is 5.43 Å². The fourth-order valence-corrected chi connectivity index (χ4v) is 2.10. The fourth-order valence-electron chi connectivity index (χ4n) is 1.89. The molecule has 1 heterocycles. The quantitative estimate of drug-likeness (QED) is 0.613. The number of benzene rings is 1. The van der Waals surface area contributed by atoms with E-state index in [0.717, 1.165) is 5.56 Å². The molecular weight excluding hydrogens is 253 g/mol. The molecule has 0 unspecified atom stereocenters. The predicted molar refractivity (Wildman–Crippen MR) is 73.2 cm³/mol. The van der Waals surface area contributed by atoms with E-state index in [1.807, 2.05) is 26.8 Å². The van der Waals surface area contributed by atoms with Crippen LogP contribution < -0.4 is 11.3 Å². The molecule has 0 saturated carbocycles. The lowest BCUT2D eigenvalue weighted by atomic mass is 9.86. The molecule has 3 nitrogen and oxygen atoms in total. The van der Waals surface area contributed by atoms with Gasteiger partial charge >= 0.3 is 0 Å². The van der Waals surface area contributed by atoms with Gasteiger partial charge in [0.25, 0.3) is 0 Å². The van der Waals surface area contributed by atoms with Crippen LogP contribution in [0.25, 0.3) is 10.9 Å². The number of nitrogens with two attached hydrogens (primary N) is 1. The van der Waals surface area contributed by atoms with E-state index in [0.29, 0.717) is 16.2 Å². The number of fused-ring (bicyclic) bond motifs is 1. The van der Waals surface area contributed by atoms with Crippen LogP contribution in [0.1, 0.15) is 26.3 Å². The first-order valence-electron chi connectivity index (χ1n) is 5.60. The Kier molecular flexibility index (Phi) is 3.17. The fraction of sp³-hybridized carbons (Fsp3) is 0.308. The summed E-state index contributed by atoms with van der Waals surface area (Å²) in [6.07, 6.45) is 0. The van der Waals surface area contributed by atoms with Crippen molar-refractivity contribution in [3.8, 4) is 0 Å². The molecule has 0 aliphatic rings. The van der Waals surface area contributed by atoms with Gasteiger partial charge in [0.15, 0.2) is 5.82 Å². The number of hydrazine groups is 1. The number of rotatable bonds is 1. The third-order valence-corrected chi connectivity index (χ3v) is 3.00. The second kappa shape index (κ2) is 4.37. The summed E-state index contributed by atoms with van der Waals surface area (Å²) in [5.41, 5.74) is 3.55. The minimum Gasteiger partial charge on any atom is -0.308 e. The minimum atomic E-state index is -0.450. The van der Waals surface area contributed by atoms with Gasteiger partial charge in [0.05, 0.1) is 0 Å². The first-order valence-corrected chi connectivity index (χ1v) is 5.97. The van der Waals surface area contributed by atoms with Crippen molar-refractivity contribution in [3.05, 3.63) is 34.6 Å². The minimum absolute atomic E-state index is 0.151. The molecule has 0 atom stereocenters. The molecule has 3 N–H and O–H groups in total. The topological polar surface area (TPSA) is 50.9 Å². The molecule has 1 aromatic carbocycles. The zero-order valence-corrected chi connectivity index (χ0v) is 11.3. The Morgan fingerprint density at radius 1 is 1.28 bits per heavy atom. The summed E-state index contributed by atoms with van der Waals surface area (Å²) in [6, 6.07) is 4.81. The number of pyridine rings is 1. The Morgan fingerprint density at radius 3 is 2.50 bits per heavy atom. The number of halogens is 2. The predicted octanol–water partition coefficient (Wildman–Crippen LogP) is 3.61. The Morgan fingerprint density at radius 2 is 1.94 bits per heavy atom. The number of nitrogens with zero attached hydrogens (tertiary/aromatic N) is 1. The van der Waals surface area contributed by atoms with E-state index in [1.54, 1.807) is 6.07 Å². The molecule has 0 amide bonds. The summed E-state index contributed by atoms with van der Waals surface area (Å²) in [5.74, 6) is 5.49. The summed E-state index contributed by atoms with van der Waals surface area (Å²) in [7, 11) is 0. The van der Waals surface area contributed by atoms with Crippen LogP contribution in [0.3, 0.4) is 0 Å². The second-order valence-electron chi connectivity index (χ2n) is 5.24. The van der Waals surface area contributed by atoms with Crippen molar-refractivity contribution in [1.82, 2.24) is 4.98 Å². The summed E-state index contributed by atoms with van der Waals surface area (Å²) < 4.78 is 13.8. The molecule has 5 heteroatoms. The second-order valence-corrected chi connectivity index (χ2v) is 5.67. The molecule has 1 aromatic heterocycles. The van der Waals surface area contributed by atoms with E-state index in [9.17, 15) is 4.39 Å². The largest absolute Gasteiger partial charge is 0.308 e. The van der Waals surface area contributed by atoms with Crippen LogP contribution in [-0.2, 0) is 5.41 Å². The van der Waals surface area contributed by atoms with Crippen LogP contribution in [0.4, 0.5) is 10.2 Å². The van der Waals surface area contributed by atoms with Gasteiger partial charge in [-0.3, -0.25) is 0 Å². The summed E-state index contributed by atoms with van der Waals surface area (Å²) in [4.78, 5) is 4.23. The highest BCUT2D eigenvalue weighted by molar-refractivity contribution is 6.31. The van der Waals surface area contributed by atoms with Crippen LogP contribution in [0.15, 0.2) is 18.2 Å². The molecule has 0 bridgehead atoms. The Bertz CT molecular complexity index is 605. The Labute approximate surface area is 110 Å². The molecule has 0 aliphatic heterocycles. The van der Waals surface area contributed by atoms with Crippen LogP contribution in [0.5, 0.6) is 0 Å². The zero-order chi connectivity index (χ0) is 13.5. The van der Waals surface area contributed by atoms with Gasteiger partial charge in [0.1, 0.15) is 11.3 Å². The standard InChI is InChI=1S/C13H15ClFN3/c1-13(2,3)9-5-7-4-8(14)6-10(15)11(7)17-12(9)18-16/h4-6H,16H2,1-3H3,(H,17,18). The van der Waals surface area contributed by atoms with Crippen LogP contribution >= 0.6 is 11.6 Å². The number of aromatic nitrogens is 1. The van der Waals surface area contributed by atoms with Crippen molar-refractivity contribution < 1.29 is 4.39 Å². The molecule has 0 fully saturated rings. The van der Waals surface area contributed by atoms with Gasteiger partial charge in [-0.15, -0.1) is 0 Å². The Balaban J connectivity index is 2.81. The smallest absolute Gasteiger partial charge is 0.150 e. The average Bonchev–Trinajstić information content (AvgIpc) is 2.26. The summed E-state index contributed by atoms with van der Waals surface area (Å²) in [6.45, 7) is 6.12. The number of nitrogens with one attached hydrogen (secondary N) is 1. The number of nitrogen functional groups attached to an aromatic ring is 1. The van der Waals surface area contributed by atoms with Crippen molar-refractivity contribution in [3.63, 3.8) is 0 Å². The van der Waals surface area contributed by atoms with Gasteiger partial charge in [-0.25, -0.2) is 15.2 Å². The van der Waals surface area contributed by atoms with E-state index >= 15 is 0 Å². The van der Waals surface area contributed by atoms with Gasteiger partial charge in [-0.05, 0) is 23.6 Å². The van der Waals surface area contributed by atoms with Gasteiger partial charge in [-0.2, -0.15) is 0 Å². The molecule has 0 spiro atoms. The SMILES string of the molecule is CC(C)(C)c1cc2cc(Cl)cc(F)c2nc1NN. The molecule has 0 aliphatic carbocycles. The molecule has 0 radical (unpaired) electrons.